The third-order valence-electron chi connectivity index (χ3n) is 2.90. The van der Waals surface area contributed by atoms with Crippen LogP contribution in [0.3, 0.4) is 0 Å². The summed E-state index contributed by atoms with van der Waals surface area (Å²) in [7, 11) is 0. The molecule has 0 aliphatic heterocycles. The molecule has 0 atom stereocenters. The monoisotopic (exact) mass is 373 g/mol. The number of hydrogen-bond acceptors (Lipinski definition) is 3. The van der Waals surface area contributed by atoms with Crippen molar-refractivity contribution in [1.82, 2.24) is 4.57 Å². The van der Waals surface area contributed by atoms with Gasteiger partial charge in [0.25, 0.3) is 4.84 Å². The van der Waals surface area contributed by atoms with Crippen LogP contribution in [-0.2, 0) is 0 Å². The van der Waals surface area contributed by atoms with Gasteiger partial charge in [0.05, 0.1) is 16.1 Å². The fraction of sp³-hybridized carbons (Fsp3) is 0. The van der Waals surface area contributed by atoms with Crippen LogP contribution in [0.25, 0.3) is 16.7 Å². The number of aromatic nitrogens is 1. The van der Waals surface area contributed by atoms with Crippen LogP contribution in [0.2, 0.25) is 15.1 Å². The highest BCUT2D eigenvalue weighted by atomic mass is 35.5. The highest BCUT2D eigenvalue weighted by Gasteiger charge is 2.11. The Hall–Kier alpha value is -0.910. The van der Waals surface area contributed by atoms with Gasteiger partial charge < -0.3 is 4.42 Å². The summed E-state index contributed by atoms with van der Waals surface area (Å²) in [5.41, 5.74) is 1.19. The first-order valence-electron chi connectivity index (χ1n) is 5.78. The van der Waals surface area contributed by atoms with E-state index in [0.29, 0.717) is 30.7 Å². The van der Waals surface area contributed by atoms with Crippen molar-refractivity contribution in [3.63, 3.8) is 0 Å². The standard InChI is InChI=1S/C14H6Cl3NOS2/c15-7-1-3-9(4-2-7)18-13(20)10-5-8(16)6-11(17)12(10)19-14(18)21/h1-6H. The van der Waals surface area contributed by atoms with Crippen molar-refractivity contribution in [1.29, 1.82) is 0 Å². The zero-order chi connectivity index (χ0) is 15.1. The Labute approximate surface area is 145 Å². The summed E-state index contributed by atoms with van der Waals surface area (Å²) in [6, 6.07) is 10.4. The van der Waals surface area contributed by atoms with Gasteiger partial charge >= 0.3 is 0 Å². The van der Waals surface area contributed by atoms with Crippen molar-refractivity contribution in [2.45, 2.75) is 0 Å². The fourth-order valence-electron chi connectivity index (χ4n) is 1.97. The third-order valence-corrected chi connectivity index (χ3v) is 4.32. The molecule has 1 aromatic heterocycles. The number of halogens is 3. The van der Waals surface area contributed by atoms with Crippen molar-refractivity contribution in [2.75, 3.05) is 0 Å². The number of benzene rings is 2. The summed E-state index contributed by atoms with van der Waals surface area (Å²) in [6.07, 6.45) is 0. The summed E-state index contributed by atoms with van der Waals surface area (Å²) < 4.78 is 7.75. The molecule has 0 aliphatic carbocycles. The highest BCUT2D eigenvalue weighted by Crippen LogP contribution is 2.30. The van der Waals surface area contributed by atoms with Crippen molar-refractivity contribution in [3.8, 4) is 5.69 Å². The van der Waals surface area contributed by atoms with Gasteiger partial charge in [-0.1, -0.05) is 47.0 Å². The molecule has 0 bridgehead atoms. The molecule has 106 valence electrons. The Morgan fingerprint density at radius 1 is 0.905 bits per heavy atom. The van der Waals surface area contributed by atoms with Crippen LogP contribution in [0.1, 0.15) is 0 Å². The van der Waals surface area contributed by atoms with Crippen LogP contribution in [-0.4, -0.2) is 4.57 Å². The molecule has 7 heteroatoms. The zero-order valence-corrected chi connectivity index (χ0v) is 14.2. The van der Waals surface area contributed by atoms with Gasteiger partial charge in [-0.15, -0.1) is 0 Å². The number of rotatable bonds is 1. The molecule has 3 rings (SSSR count). The summed E-state index contributed by atoms with van der Waals surface area (Å²) in [5, 5.41) is 2.11. The van der Waals surface area contributed by atoms with E-state index in [4.69, 9.17) is 63.7 Å². The summed E-state index contributed by atoms with van der Waals surface area (Å²) in [4.78, 5) is 0.207. The van der Waals surface area contributed by atoms with Crippen LogP contribution in [0, 0.1) is 9.48 Å². The molecular weight excluding hydrogens is 369 g/mol. The average molecular weight is 375 g/mol. The van der Waals surface area contributed by atoms with Crippen molar-refractivity contribution >= 4 is 70.2 Å². The van der Waals surface area contributed by atoms with Gasteiger partial charge in [-0.25, -0.2) is 0 Å². The molecule has 0 aliphatic rings. The van der Waals surface area contributed by atoms with Crippen LogP contribution in [0.4, 0.5) is 0 Å². The summed E-state index contributed by atoms with van der Waals surface area (Å²) in [5.74, 6) is 0. The maximum Gasteiger partial charge on any atom is 0.274 e. The molecule has 21 heavy (non-hydrogen) atoms. The van der Waals surface area contributed by atoms with Gasteiger partial charge in [0.15, 0.2) is 5.58 Å². The summed E-state index contributed by atoms with van der Waals surface area (Å²) >= 11 is 28.8. The lowest BCUT2D eigenvalue weighted by molar-refractivity contribution is 0.537. The molecule has 1 heterocycles. The second kappa shape index (κ2) is 5.71. The van der Waals surface area contributed by atoms with Crippen molar-refractivity contribution < 1.29 is 4.42 Å². The molecule has 0 fully saturated rings. The van der Waals surface area contributed by atoms with E-state index in [0.717, 1.165) is 5.69 Å². The minimum absolute atomic E-state index is 0.207. The fourth-order valence-corrected chi connectivity index (χ4v) is 3.31. The van der Waals surface area contributed by atoms with E-state index >= 15 is 0 Å². The molecule has 3 aromatic rings. The van der Waals surface area contributed by atoms with Gasteiger partial charge in [0.2, 0.25) is 0 Å². The van der Waals surface area contributed by atoms with E-state index < -0.39 is 0 Å². The lowest BCUT2D eigenvalue weighted by atomic mass is 10.2. The molecule has 2 nitrogen and oxygen atoms in total. The molecule has 0 amide bonds. The number of nitrogens with zero attached hydrogens (tertiary/aromatic N) is 1. The normalized spacial score (nSPS) is 11.0. The molecule has 0 saturated heterocycles. The first kappa shape index (κ1) is 15.0. The van der Waals surface area contributed by atoms with Gasteiger partial charge in [0.1, 0.15) is 4.64 Å². The number of fused-ring (bicyclic) bond motifs is 1. The van der Waals surface area contributed by atoms with E-state index in [1.807, 2.05) is 0 Å². The number of hydrogen-bond donors (Lipinski definition) is 0. The molecule has 0 spiro atoms. The van der Waals surface area contributed by atoms with Gasteiger partial charge in [0, 0.05) is 10.0 Å². The topological polar surface area (TPSA) is 18.1 Å². The lowest BCUT2D eigenvalue weighted by Crippen LogP contribution is -1.99. The average Bonchev–Trinajstić information content (AvgIpc) is 2.42. The van der Waals surface area contributed by atoms with E-state index in [-0.39, 0.29) is 4.84 Å². The Morgan fingerprint density at radius 3 is 2.24 bits per heavy atom. The first-order valence-corrected chi connectivity index (χ1v) is 7.73. The van der Waals surface area contributed by atoms with Gasteiger partial charge in [-0.2, -0.15) is 0 Å². The molecule has 0 saturated carbocycles. The molecule has 0 radical (unpaired) electrons. The minimum Gasteiger partial charge on any atom is -0.429 e. The Bertz CT molecular complexity index is 961. The van der Waals surface area contributed by atoms with Gasteiger partial charge in [-0.05, 0) is 48.6 Å². The van der Waals surface area contributed by atoms with Crippen LogP contribution in [0.5, 0.6) is 0 Å². The Kier molecular flexibility index (Phi) is 4.08. The summed E-state index contributed by atoms with van der Waals surface area (Å²) in [6.45, 7) is 0. The van der Waals surface area contributed by atoms with Crippen LogP contribution in [0.15, 0.2) is 40.8 Å². The predicted molar refractivity (Wildman–Crippen MR) is 92.2 cm³/mol. The molecule has 2 aromatic carbocycles. The highest BCUT2D eigenvalue weighted by molar-refractivity contribution is 7.72. The first-order chi connectivity index (χ1) is 9.97. The van der Waals surface area contributed by atoms with E-state index in [1.54, 1.807) is 41.0 Å². The van der Waals surface area contributed by atoms with Crippen molar-refractivity contribution in [2.24, 2.45) is 0 Å². The third kappa shape index (κ3) is 2.74. The SMILES string of the molecule is S=c1oc2c(Cl)cc(Cl)cc2c(=S)n1-c1ccc(Cl)cc1. The van der Waals surface area contributed by atoms with E-state index in [2.05, 4.69) is 0 Å². The van der Waals surface area contributed by atoms with Crippen LogP contribution < -0.4 is 0 Å². The maximum absolute atomic E-state index is 6.13. The quantitative estimate of drug-likeness (QED) is 0.444. The molecule has 0 unspecified atom stereocenters. The zero-order valence-electron chi connectivity index (χ0n) is 10.3. The Balaban J connectivity index is 2.42. The maximum atomic E-state index is 6.13. The van der Waals surface area contributed by atoms with E-state index in [9.17, 15) is 0 Å². The lowest BCUT2D eigenvalue weighted by Gasteiger charge is -2.10. The Morgan fingerprint density at radius 2 is 1.57 bits per heavy atom. The predicted octanol–water partition coefficient (Wildman–Crippen LogP) is 6.64. The smallest absolute Gasteiger partial charge is 0.274 e. The second-order valence-electron chi connectivity index (χ2n) is 4.25. The van der Waals surface area contributed by atoms with E-state index in [1.165, 1.54) is 0 Å². The second-order valence-corrected chi connectivity index (χ2v) is 6.27. The van der Waals surface area contributed by atoms with Gasteiger partial charge in [-0.3, -0.25) is 4.57 Å². The molecular formula is C14H6Cl3NOS2. The molecule has 0 N–H and O–H groups in total. The minimum atomic E-state index is 0.207. The largest absolute Gasteiger partial charge is 0.429 e. The van der Waals surface area contributed by atoms with Crippen molar-refractivity contribution in [3.05, 3.63) is 60.9 Å². The van der Waals surface area contributed by atoms with Crippen LogP contribution >= 0.6 is 59.2 Å².